The molecule has 0 unspecified atom stereocenters. The summed E-state index contributed by atoms with van der Waals surface area (Å²) < 4.78 is 24.2. The van der Waals surface area contributed by atoms with E-state index in [1.165, 1.54) is 6.26 Å². The van der Waals surface area contributed by atoms with Crippen LogP contribution >= 0.6 is 0 Å². The molecule has 0 amide bonds. The average molecular weight is 232 g/mol. The number of hydrogen-bond donors (Lipinski definition) is 0. The molecule has 4 nitrogen and oxygen atoms in total. The molecule has 2 rings (SSSR count). The first-order valence-electron chi connectivity index (χ1n) is 5.63. The lowest BCUT2D eigenvalue weighted by Gasteiger charge is -2.52. The highest BCUT2D eigenvalue weighted by Gasteiger charge is 2.47. The van der Waals surface area contributed by atoms with E-state index >= 15 is 0 Å². The molecule has 5 heteroatoms. The van der Waals surface area contributed by atoms with Gasteiger partial charge in [0, 0.05) is 18.5 Å². The molecule has 0 aliphatic carbocycles. The fraction of sp³-hybridized carbons (Fsp3) is 1.00. The Bertz CT molecular complexity index is 323. The van der Waals surface area contributed by atoms with Crippen LogP contribution in [0.15, 0.2) is 0 Å². The zero-order chi connectivity index (χ0) is 11.1. The predicted octanol–water partition coefficient (Wildman–Crippen LogP) is 0.364. The van der Waals surface area contributed by atoms with Crippen molar-refractivity contribution >= 4 is 10.0 Å². The smallest absolute Gasteiger partial charge is 0.211 e. The summed E-state index contributed by atoms with van der Waals surface area (Å²) in [4.78, 5) is 2.44. The second-order valence-corrected chi connectivity index (χ2v) is 6.95. The third-order valence-electron chi connectivity index (χ3n) is 3.86. The van der Waals surface area contributed by atoms with Gasteiger partial charge >= 0.3 is 0 Å². The predicted molar refractivity (Wildman–Crippen MR) is 60.2 cm³/mol. The van der Waals surface area contributed by atoms with E-state index in [4.69, 9.17) is 0 Å². The molecule has 2 aliphatic rings. The first-order chi connectivity index (χ1) is 6.95. The van der Waals surface area contributed by atoms with Gasteiger partial charge in [-0.05, 0) is 32.5 Å². The van der Waals surface area contributed by atoms with Crippen LogP contribution in [0.2, 0.25) is 0 Å². The SMILES string of the molecule is CCN1CCC2(CC1)CN(S(C)(=O)=O)C2. The molecule has 0 radical (unpaired) electrons. The molecule has 0 aromatic carbocycles. The van der Waals surface area contributed by atoms with Gasteiger partial charge in [0.1, 0.15) is 0 Å². The van der Waals surface area contributed by atoms with Crippen molar-refractivity contribution in [3.8, 4) is 0 Å². The van der Waals surface area contributed by atoms with Crippen molar-refractivity contribution in [1.29, 1.82) is 0 Å². The molecule has 0 saturated carbocycles. The molecule has 2 heterocycles. The molecule has 0 N–H and O–H groups in total. The molecule has 0 aromatic rings. The Morgan fingerprint density at radius 1 is 1.20 bits per heavy atom. The number of hydrogen-bond acceptors (Lipinski definition) is 3. The third kappa shape index (κ3) is 2.19. The van der Waals surface area contributed by atoms with E-state index in [1.54, 1.807) is 4.31 Å². The van der Waals surface area contributed by atoms with E-state index in [-0.39, 0.29) is 0 Å². The van der Waals surface area contributed by atoms with E-state index < -0.39 is 10.0 Å². The van der Waals surface area contributed by atoms with Gasteiger partial charge in [0.15, 0.2) is 0 Å². The maximum absolute atomic E-state index is 11.3. The zero-order valence-corrected chi connectivity index (χ0v) is 10.4. The summed E-state index contributed by atoms with van der Waals surface area (Å²) in [5.74, 6) is 0. The summed E-state index contributed by atoms with van der Waals surface area (Å²) in [6, 6.07) is 0. The van der Waals surface area contributed by atoms with Gasteiger partial charge in [-0.25, -0.2) is 12.7 Å². The summed E-state index contributed by atoms with van der Waals surface area (Å²) in [5, 5.41) is 0. The van der Waals surface area contributed by atoms with Crippen LogP contribution < -0.4 is 0 Å². The summed E-state index contributed by atoms with van der Waals surface area (Å²) >= 11 is 0. The number of piperidine rings is 1. The molecule has 0 aromatic heterocycles. The van der Waals surface area contributed by atoms with Gasteiger partial charge in [-0.2, -0.15) is 0 Å². The van der Waals surface area contributed by atoms with Gasteiger partial charge in [-0.1, -0.05) is 6.92 Å². The third-order valence-corrected chi connectivity index (χ3v) is 5.05. The average Bonchev–Trinajstić information content (AvgIpc) is 2.13. The van der Waals surface area contributed by atoms with Crippen LogP contribution in [0.5, 0.6) is 0 Å². The highest BCUT2D eigenvalue weighted by atomic mass is 32.2. The highest BCUT2D eigenvalue weighted by molar-refractivity contribution is 7.88. The Balaban J connectivity index is 1.88. The Labute approximate surface area is 92.3 Å². The fourth-order valence-corrected chi connectivity index (χ4v) is 3.61. The second kappa shape index (κ2) is 3.71. The minimum atomic E-state index is -2.94. The summed E-state index contributed by atoms with van der Waals surface area (Å²) in [6.45, 7) is 7.07. The summed E-state index contributed by atoms with van der Waals surface area (Å²) in [5.41, 5.74) is 0.314. The van der Waals surface area contributed by atoms with Crippen molar-refractivity contribution in [2.45, 2.75) is 19.8 Å². The molecular weight excluding hydrogens is 212 g/mol. The van der Waals surface area contributed by atoms with E-state index in [0.717, 1.165) is 45.6 Å². The Morgan fingerprint density at radius 3 is 2.13 bits per heavy atom. The van der Waals surface area contributed by atoms with Crippen molar-refractivity contribution in [1.82, 2.24) is 9.21 Å². The minimum absolute atomic E-state index is 0.314. The molecule has 2 saturated heterocycles. The number of nitrogens with zero attached hydrogens (tertiary/aromatic N) is 2. The van der Waals surface area contributed by atoms with Crippen LogP contribution in [0.4, 0.5) is 0 Å². The Morgan fingerprint density at radius 2 is 1.73 bits per heavy atom. The van der Waals surface area contributed by atoms with Crippen LogP contribution in [0, 0.1) is 5.41 Å². The molecule has 2 aliphatic heterocycles. The Kier molecular flexibility index (Phi) is 2.81. The quantitative estimate of drug-likeness (QED) is 0.690. The van der Waals surface area contributed by atoms with Crippen molar-refractivity contribution in [3.63, 3.8) is 0 Å². The largest absolute Gasteiger partial charge is 0.304 e. The lowest BCUT2D eigenvalue weighted by atomic mass is 9.73. The lowest BCUT2D eigenvalue weighted by molar-refractivity contribution is 0.00259. The van der Waals surface area contributed by atoms with Gasteiger partial charge in [-0.15, -0.1) is 0 Å². The highest BCUT2D eigenvalue weighted by Crippen LogP contribution is 2.41. The monoisotopic (exact) mass is 232 g/mol. The minimum Gasteiger partial charge on any atom is -0.304 e. The van der Waals surface area contributed by atoms with Gasteiger partial charge in [0.05, 0.1) is 6.26 Å². The van der Waals surface area contributed by atoms with Crippen LogP contribution in [-0.4, -0.2) is 56.6 Å². The first-order valence-corrected chi connectivity index (χ1v) is 7.47. The van der Waals surface area contributed by atoms with E-state index in [1.807, 2.05) is 0 Å². The van der Waals surface area contributed by atoms with E-state index in [9.17, 15) is 8.42 Å². The van der Waals surface area contributed by atoms with Gasteiger partial charge in [-0.3, -0.25) is 0 Å². The topological polar surface area (TPSA) is 40.6 Å². The number of sulfonamides is 1. The van der Waals surface area contributed by atoms with Crippen LogP contribution in [0.25, 0.3) is 0 Å². The molecular formula is C10H20N2O2S. The normalized spacial score (nSPS) is 27.9. The van der Waals surface area contributed by atoms with Crippen molar-refractivity contribution in [2.75, 3.05) is 39.0 Å². The van der Waals surface area contributed by atoms with Gasteiger partial charge in [0.2, 0.25) is 10.0 Å². The fourth-order valence-electron chi connectivity index (χ4n) is 2.60. The molecule has 88 valence electrons. The summed E-state index contributed by atoms with van der Waals surface area (Å²) in [7, 11) is -2.94. The standard InChI is InChI=1S/C10H20N2O2S/c1-3-11-6-4-10(5-7-11)8-12(9-10)15(2,13)14/h3-9H2,1-2H3. The molecule has 1 spiro atoms. The van der Waals surface area contributed by atoms with Crippen LogP contribution in [0.1, 0.15) is 19.8 Å². The second-order valence-electron chi connectivity index (χ2n) is 4.97. The van der Waals surface area contributed by atoms with E-state index in [0.29, 0.717) is 5.41 Å². The molecule has 15 heavy (non-hydrogen) atoms. The molecule has 0 atom stereocenters. The first kappa shape index (κ1) is 11.4. The molecule has 2 fully saturated rings. The maximum Gasteiger partial charge on any atom is 0.211 e. The maximum atomic E-state index is 11.3. The number of likely N-dealkylation sites (tertiary alicyclic amines) is 1. The molecule has 0 bridgehead atoms. The van der Waals surface area contributed by atoms with Gasteiger partial charge in [0.25, 0.3) is 0 Å². The van der Waals surface area contributed by atoms with Crippen LogP contribution in [0.3, 0.4) is 0 Å². The zero-order valence-electron chi connectivity index (χ0n) is 9.57. The van der Waals surface area contributed by atoms with Crippen LogP contribution in [-0.2, 0) is 10.0 Å². The lowest BCUT2D eigenvalue weighted by Crippen LogP contribution is -2.61. The summed E-state index contributed by atoms with van der Waals surface area (Å²) in [6.07, 6.45) is 3.63. The van der Waals surface area contributed by atoms with Crippen molar-refractivity contribution in [2.24, 2.45) is 5.41 Å². The van der Waals surface area contributed by atoms with Gasteiger partial charge < -0.3 is 4.90 Å². The Hall–Kier alpha value is -0.130. The van der Waals surface area contributed by atoms with Crippen molar-refractivity contribution in [3.05, 3.63) is 0 Å². The number of rotatable bonds is 2. The van der Waals surface area contributed by atoms with Crippen molar-refractivity contribution < 1.29 is 8.42 Å². The van der Waals surface area contributed by atoms with E-state index in [2.05, 4.69) is 11.8 Å².